The first-order valence-corrected chi connectivity index (χ1v) is 5.83. The Labute approximate surface area is 96.5 Å². The molecule has 1 N–H and O–H groups in total. The molecule has 3 heteroatoms. The van der Waals surface area contributed by atoms with Gasteiger partial charge in [0.1, 0.15) is 5.75 Å². The molecule has 0 heterocycles. The van der Waals surface area contributed by atoms with Gasteiger partial charge in [0, 0.05) is 0 Å². The number of nitrogens with one attached hydrogen (secondary N) is 1. The molecule has 0 aromatic heterocycles. The number of benzene rings is 1. The van der Waals surface area contributed by atoms with Gasteiger partial charge in [-0.1, -0.05) is 26.8 Å². The summed E-state index contributed by atoms with van der Waals surface area (Å²) in [6, 6.07) is 6.36. The van der Waals surface area contributed by atoms with Gasteiger partial charge in [-0.25, -0.2) is 0 Å². The van der Waals surface area contributed by atoms with E-state index in [0.717, 1.165) is 10.6 Å². The standard InChI is InChI=1S/C12H19NOS/c1-12(2,3)9-6-7-11(15-13-4)10(8-9)14-5/h6-8,13H,1-5H3. The van der Waals surface area contributed by atoms with Gasteiger partial charge < -0.3 is 4.74 Å². The fraction of sp³-hybridized carbons (Fsp3) is 0.500. The number of hydrogen-bond donors (Lipinski definition) is 1. The zero-order valence-corrected chi connectivity index (χ0v) is 10.9. The minimum Gasteiger partial charge on any atom is -0.496 e. The van der Waals surface area contributed by atoms with Crippen LogP contribution in [0.1, 0.15) is 26.3 Å². The molecule has 0 bridgehead atoms. The van der Waals surface area contributed by atoms with Gasteiger partial charge in [0.15, 0.2) is 0 Å². The van der Waals surface area contributed by atoms with E-state index >= 15 is 0 Å². The van der Waals surface area contributed by atoms with Crippen LogP contribution in [0.2, 0.25) is 0 Å². The molecule has 0 aliphatic rings. The van der Waals surface area contributed by atoms with Gasteiger partial charge in [-0.3, -0.25) is 4.72 Å². The van der Waals surface area contributed by atoms with Crippen molar-refractivity contribution in [1.82, 2.24) is 4.72 Å². The van der Waals surface area contributed by atoms with Gasteiger partial charge in [-0.15, -0.1) is 0 Å². The summed E-state index contributed by atoms with van der Waals surface area (Å²) in [5.41, 5.74) is 1.45. The average Bonchev–Trinajstić information content (AvgIpc) is 2.17. The molecule has 2 nitrogen and oxygen atoms in total. The first kappa shape index (κ1) is 12.4. The summed E-state index contributed by atoms with van der Waals surface area (Å²) in [6.07, 6.45) is 0. The van der Waals surface area contributed by atoms with Crippen LogP contribution in [0.15, 0.2) is 23.1 Å². The van der Waals surface area contributed by atoms with Crippen molar-refractivity contribution in [2.75, 3.05) is 14.2 Å². The maximum absolute atomic E-state index is 5.37. The third-order valence-corrected chi connectivity index (χ3v) is 3.00. The van der Waals surface area contributed by atoms with Gasteiger partial charge in [0.2, 0.25) is 0 Å². The van der Waals surface area contributed by atoms with Crippen molar-refractivity contribution >= 4 is 11.9 Å². The van der Waals surface area contributed by atoms with Crippen LogP contribution in [0.25, 0.3) is 0 Å². The van der Waals surface area contributed by atoms with E-state index in [4.69, 9.17) is 4.74 Å². The number of hydrogen-bond acceptors (Lipinski definition) is 3. The van der Waals surface area contributed by atoms with E-state index in [2.05, 4.69) is 43.7 Å². The van der Waals surface area contributed by atoms with Gasteiger partial charge in [0.25, 0.3) is 0 Å². The van der Waals surface area contributed by atoms with Gasteiger partial charge in [-0.2, -0.15) is 0 Å². The summed E-state index contributed by atoms with van der Waals surface area (Å²) in [5, 5.41) is 0. The Bertz CT molecular complexity index is 331. The molecule has 15 heavy (non-hydrogen) atoms. The molecule has 0 aliphatic carbocycles. The Hall–Kier alpha value is -0.670. The first-order valence-electron chi connectivity index (χ1n) is 5.01. The lowest BCUT2D eigenvalue weighted by atomic mass is 9.87. The number of ether oxygens (including phenoxy) is 1. The highest BCUT2D eigenvalue weighted by molar-refractivity contribution is 7.97. The van der Waals surface area contributed by atoms with Gasteiger partial charge >= 0.3 is 0 Å². The first-order chi connectivity index (χ1) is 6.99. The van der Waals surface area contributed by atoms with Crippen LogP contribution in [0.5, 0.6) is 5.75 Å². The zero-order valence-electron chi connectivity index (χ0n) is 10.0. The third-order valence-electron chi connectivity index (χ3n) is 2.24. The van der Waals surface area contributed by atoms with Crippen LogP contribution in [0, 0.1) is 0 Å². The topological polar surface area (TPSA) is 21.3 Å². The second kappa shape index (κ2) is 4.90. The summed E-state index contributed by atoms with van der Waals surface area (Å²) in [7, 11) is 3.61. The normalized spacial score (nSPS) is 11.5. The van der Waals surface area contributed by atoms with Crippen molar-refractivity contribution in [3.63, 3.8) is 0 Å². The van der Waals surface area contributed by atoms with E-state index in [-0.39, 0.29) is 5.41 Å². The molecule has 0 unspecified atom stereocenters. The zero-order chi connectivity index (χ0) is 11.5. The molecule has 0 saturated carbocycles. The molecule has 0 fully saturated rings. The molecule has 0 amide bonds. The largest absolute Gasteiger partial charge is 0.496 e. The maximum atomic E-state index is 5.37. The van der Waals surface area contributed by atoms with Crippen molar-refractivity contribution in [1.29, 1.82) is 0 Å². The Morgan fingerprint density at radius 1 is 1.27 bits per heavy atom. The minimum absolute atomic E-state index is 0.163. The molecule has 1 rings (SSSR count). The molecule has 0 radical (unpaired) electrons. The van der Waals surface area contributed by atoms with Crippen molar-refractivity contribution in [3.8, 4) is 5.75 Å². The van der Waals surface area contributed by atoms with Crippen LogP contribution in [0.3, 0.4) is 0 Å². The Morgan fingerprint density at radius 3 is 2.40 bits per heavy atom. The average molecular weight is 225 g/mol. The number of methoxy groups -OCH3 is 1. The SMILES string of the molecule is CNSc1ccc(C(C)(C)C)cc1OC. The van der Waals surface area contributed by atoms with Crippen LogP contribution >= 0.6 is 11.9 Å². The predicted octanol–water partition coefficient (Wildman–Crippen LogP) is 3.22. The van der Waals surface area contributed by atoms with Crippen molar-refractivity contribution < 1.29 is 4.74 Å². The predicted molar refractivity (Wildman–Crippen MR) is 66.6 cm³/mol. The maximum Gasteiger partial charge on any atom is 0.134 e. The highest BCUT2D eigenvalue weighted by Gasteiger charge is 2.15. The smallest absolute Gasteiger partial charge is 0.134 e. The summed E-state index contributed by atoms with van der Waals surface area (Å²) in [6.45, 7) is 6.60. The fourth-order valence-corrected chi connectivity index (χ4v) is 1.93. The lowest BCUT2D eigenvalue weighted by molar-refractivity contribution is 0.402. The van der Waals surface area contributed by atoms with Gasteiger partial charge in [-0.05, 0) is 42.1 Å². The number of rotatable bonds is 3. The van der Waals surface area contributed by atoms with E-state index in [1.165, 1.54) is 5.56 Å². The second-order valence-corrected chi connectivity index (χ2v) is 5.47. The summed E-state index contributed by atoms with van der Waals surface area (Å²) >= 11 is 1.57. The summed E-state index contributed by atoms with van der Waals surface area (Å²) in [5.74, 6) is 0.932. The molecule has 0 atom stereocenters. The summed E-state index contributed by atoms with van der Waals surface area (Å²) < 4.78 is 8.43. The highest BCUT2D eigenvalue weighted by Crippen LogP contribution is 2.32. The van der Waals surface area contributed by atoms with Crippen molar-refractivity contribution in [3.05, 3.63) is 23.8 Å². The molecule has 1 aromatic carbocycles. The van der Waals surface area contributed by atoms with Crippen LogP contribution in [0.4, 0.5) is 0 Å². The molecular weight excluding hydrogens is 206 g/mol. The lowest BCUT2D eigenvalue weighted by Crippen LogP contribution is -2.11. The van der Waals surface area contributed by atoms with E-state index in [0.29, 0.717) is 0 Å². The Kier molecular flexibility index (Phi) is 4.05. The van der Waals surface area contributed by atoms with E-state index < -0.39 is 0 Å². The second-order valence-electron chi connectivity index (χ2n) is 4.42. The lowest BCUT2D eigenvalue weighted by Gasteiger charge is -2.20. The molecule has 84 valence electrons. The molecule has 0 spiro atoms. The molecule has 0 aliphatic heterocycles. The van der Waals surface area contributed by atoms with Crippen LogP contribution in [-0.2, 0) is 5.41 Å². The monoisotopic (exact) mass is 225 g/mol. The molecular formula is C12H19NOS. The highest BCUT2D eigenvalue weighted by atomic mass is 32.2. The third kappa shape index (κ3) is 3.14. The molecule has 0 saturated heterocycles. The quantitative estimate of drug-likeness (QED) is 0.798. The Balaban J connectivity index is 3.08. The van der Waals surface area contributed by atoms with Crippen molar-refractivity contribution in [2.45, 2.75) is 31.1 Å². The van der Waals surface area contributed by atoms with Crippen molar-refractivity contribution in [2.24, 2.45) is 0 Å². The summed E-state index contributed by atoms with van der Waals surface area (Å²) in [4.78, 5) is 1.12. The van der Waals surface area contributed by atoms with E-state index in [9.17, 15) is 0 Å². The Morgan fingerprint density at radius 2 is 1.93 bits per heavy atom. The van der Waals surface area contributed by atoms with E-state index in [1.54, 1.807) is 19.1 Å². The van der Waals surface area contributed by atoms with Gasteiger partial charge in [0.05, 0.1) is 12.0 Å². The van der Waals surface area contributed by atoms with Crippen LogP contribution < -0.4 is 9.46 Å². The van der Waals surface area contributed by atoms with E-state index in [1.807, 2.05) is 7.05 Å². The molecule has 1 aromatic rings. The van der Waals surface area contributed by atoms with Crippen LogP contribution in [-0.4, -0.2) is 14.2 Å². The minimum atomic E-state index is 0.163. The fourth-order valence-electron chi connectivity index (χ4n) is 1.33.